The second-order valence-corrected chi connectivity index (χ2v) is 5.57. The molecule has 1 rings (SSSR count). The van der Waals surface area contributed by atoms with Crippen molar-refractivity contribution < 1.29 is 8.78 Å². The molecule has 0 spiro atoms. The first kappa shape index (κ1) is 14.8. The smallest absolute Gasteiger partial charge is 0.263 e. The van der Waals surface area contributed by atoms with Gasteiger partial charge < -0.3 is 5.32 Å². The molecule has 0 aliphatic heterocycles. The standard InChI is InChI=1S/C15H21F2N/c1-11(10-18-15(2,3)4)8-12-6-5-7-13(9-12)14(16)17/h5-9,14,18H,10H2,1-4H3/b11-8-. The highest BCUT2D eigenvalue weighted by atomic mass is 19.3. The SMILES string of the molecule is C/C(=C/c1cccc(C(F)F)c1)CNC(C)(C)C. The van der Waals surface area contributed by atoms with E-state index in [0.29, 0.717) is 0 Å². The number of halogens is 2. The summed E-state index contributed by atoms with van der Waals surface area (Å²) in [6, 6.07) is 6.49. The van der Waals surface area contributed by atoms with Gasteiger partial charge in [0, 0.05) is 17.6 Å². The summed E-state index contributed by atoms with van der Waals surface area (Å²) in [6.45, 7) is 9.03. The van der Waals surface area contributed by atoms with E-state index in [-0.39, 0.29) is 11.1 Å². The van der Waals surface area contributed by atoms with Crippen LogP contribution in [0.1, 0.15) is 45.2 Å². The van der Waals surface area contributed by atoms with E-state index >= 15 is 0 Å². The number of hydrogen-bond acceptors (Lipinski definition) is 1. The second kappa shape index (κ2) is 6.10. The van der Waals surface area contributed by atoms with Crippen LogP contribution in [-0.2, 0) is 0 Å². The summed E-state index contributed by atoms with van der Waals surface area (Å²) in [6.07, 6.45) is -0.476. The molecule has 1 aromatic carbocycles. The zero-order valence-corrected chi connectivity index (χ0v) is 11.4. The van der Waals surface area contributed by atoms with Crippen molar-refractivity contribution in [2.75, 3.05) is 6.54 Å². The molecule has 0 bridgehead atoms. The highest BCUT2D eigenvalue weighted by molar-refractivity contribution is 5.53. The van der Waals surface area contributed by atoms with Crippen LogP contribution in [0.5, 0.6) is 0 Å². The number of nitrogens with one attached hydrogen (secondary N) is 1. The Morgan fingerprint density at radius 1 is 1.33 bits per heavy atom. The van der Waals surface area contributed by atoms with Crippen LogP contribution in [0.15, 0.2) is 29.8 Å². The van der Waals surface area contributed by atoms with Gasteiger partial charge in [-0.15, -0.1) is 0 Å². The van der Waals surface area contributed by atoms with Crippen molar-refractivity contribution in [3.63, 3.8) is 0 Å². The van der Waals surface area contributed by atoms with E-state index in [9.17, 15) is 8.78 Å². The lowest BCUT2D eigenvalue weighted by molar-refractivity contribution is 0.151. The Labute approximate surface area is 108 Å². The van der Waals surface area contributed by atoms with Gasteiger partial charge in [-0.25, -0.2) is 8.78 Å². The average Bonchev–Trinajstić information content (AvgIpc) is 2.26. The molecule has 1 aromatic rings. The highest BCUT2D eigenvalue weighted by Crippen LogP contribution is 2.20. The molecule has 18 heavy (non-hydrogen) atoms. The van der Waals surface area contributed by atoms with Crippen LogP contribution in [0.25, 0.3) is 6.08 Å². The third kappa shape index (κ3) is 5.41. The quantitative estimate of drug-likeness (QED) is 0.837. The van der Waals surface area contributed by atoms with E-state index < -0.39 is 6.43 Å². The molecule has 1 nitrogen and oxygen atoms in total. The predicted molar refractivity (Wildman–Crippen MR) is 72.8 cm³/mol. The van der Waals surface area contributed by atoms with E-state index in [1.165, 1.54) is 12.1 Å². The maximum absolute atomic E-state index is 12.6. The zero-order valence-electron chi connectivity index (χ0n) is 11.4. The first-order chi connectivity index (χ1) is 8.28. The molecule has 0 aliphatic rings. The van der Waals surface area contributed by atoms with Gasteiger partial charge in [0.15, 0.2) is 0 Å². The monoisotopic (exact) mass is 253 g/mol. The summed E-state index contributed by atoms with van der Waals surface area (Å²) in [5.74, 6) is 0. The minimum absolute atomic E-state index is 0.0555. The van der Waals surface area contributed by atoms with E-state index in [1.54, 1.807) is 6.07 Å². The molecule has 0 fully saturated rings. The van der Waals surface area contributed by atoms with Gasteiger partial charge in [0.1, 0.15) is 0 Å². The van der Waals surface area contributed by atoms with Gasteiger partial charge in [-0.05, 0) is 39.3 Å². The first-order valence-electron chi connectivity index (χ1n) is 6.08. The van der Waals surface area contributed by atoms with Gasteiger partial charge in [-0.3, -0.25) is 0 Å². The summed E-state index contributed by atoms with van der Waals surface area (Å²) in [7, 11) is 0. The molecular formula is C15H21F2N. The molecule has 0 saturated heterocycles. The molecule has 3 heteroatoms. The van der Waals surface area contributed by atoms with Crippen molar-refractivity contribution in [2.24, 2.45) is 0 Å². The summed E-state index contributed by atoms with van der Waals surface area (Å²) in [5, 5.41) is 3.36. The average molecular weight is 253 g/mol. The second-order valence-electron chi connectivity index (χ2n) is 5.57. The Kier molecular flexibility index (Phi) is 5.03. The zero-order chi connectivity index (χ0) is 13.8. The third-order valence-corrected chi connectivity index (χ3v) is 2.47. The van der Waals surface area contributed by atoms with Crippen molar-refractivity contribution in [2.45, 2.75) is 39.7 Å². The Hall–Kier alpha value is -1.22. The number of alkyl halides is 2. The van der Waals surface area contributed by atoms with Gasteiger partial charge in [0.2, 0.25) is 0 Å². The number of benzene rings is 1. The van der Waals surface area contributed by atoms with Crippen molar-refractivity contribution in [1.29, 1.82) is 0 Å². The summed E-state index contributed by atoms with van der Waals surface area (Å²) in [4.78, 5) is 0. The van der Waals surface area contributed by atoms with Crippen molar-refractivity contribution in [1.82, 2.24) is 5.32 Å². The van der Waals surface area contributed by atoms with E-state index in [0.717, 1.165) is 17.7 Å². The molecule has 0 unspecified atom stereocenters. The van der Waals surface area contributed by atoms with Crippen molar-refractivity contribution in [3.8, 4) is 0 Å². The van der Waals surface area contributed by atoms with Gasteiger partial charge in [-0.1, -0.05) is 29.8 Å². The summed E-state index contributed by atoms with van der Waals surface area (Å²) in [5.41, 5.74) is 2.07. The van der Waals surface area contributed by atoms with Crippen LogP contribution in [0.3, 0.4) is 0 Å². The van der Waals surface area contributed by atoms with Crippen LogP contribution >= 0.6 is 0 Å². The fraction of sp³-hybridized carbons (Fsp3) is 0.467. The lowest BCUT2D eigenvalue weighted by Crippen LogP contribution is -2.36. The lowest BCUT2D eigenvalue weighted by Gasteiger charge is -2.20. The first-order valence-corrected chi connectivity index (χ1v) is 6.08. The number of hydrogen-bond donors (Lipinski definition) is 1. The Morgan fingerprint density at radius 2 is 2.00 bits per heavy atom. The van der Waals surface area contributed by atoms with Crippen LogP contribution in [0, 0.1) is 0 Å². The predicted octanol–water partition coefficient (Wildman–Crippen LogP) is 4.42. The lowest BCUT2D eigenvalue weighted by atomic mass is 10.1. The molecule has 0 heterocycles. The number of rotatable bonds is 4. The summed E-state index contributed by atoms with van der Waals surface area (Å²) >= 11 is 0. The molecule has 0 aromatic heterocycles. The maximum Gasteiger partial charge on any atom is 0.263 e. The maximum atomic E-state index is 12.6. The Bertz CT molecular complexity index is 417. The fourth-order valence-electron chi connectivity index (χ4n) is 1.52. The fourth-order valence-corrected chi connectivity index (χ4v) is 1.52. The molecule has 1 N–H and O–H groups in total. The van der Waals surface area contributed by atoms with Gasteiger partial charge in [0.05, 0.1) is 0 Å². The Morgan fingerprint density at radius 3 is 2.56 bits per heavy atom. The molecule has 0 amide bonds. The molecule has 0 atom stereocenters. The molecule has 0 aliphatic carbocycles. The van der Waals surface area contributed by atoms with Crippen molar-refractivity contribution in [3.05, 3.63) is 41.0 Å². The Balaban J connectivity index is 2.73. The topological polar surface area (TPSA) is 12.0 Å². The van der Waals surface area contributed by atoms with Crippen LogP contribution in [0.2, 0.25) is 0 Å². The molecular weight excluding hydrogens is 232 g/mol. The van der Waals surface area contributed by atoms with E-state index in [1.807, 2.05) is 19.1 Å². The molecule has 100 valence electrons. The highest BCUT2D eigenvalue weighted by Gasteiger charge is 2.08. The van der Waals surface area contributed by atoms with Gasteiger partial charge in [0.25, 0.3) is 6.43 Å². The van der Waals surface area contributed by atoms with Gasteiger partial charge >= 0.3 is 0 Å². The van der Waals surface area contributed by atoms with Gasteiger partial charge in [-0.2, -0.15) is 0 Å². The molecule has 0 saturated carbocycles. The van der Waals surface area contributed by atoms with Crippen LogP contribution < -0.4 is 5.32 Å². The molecule has 0 radical (unpaired) electrons. The third-order valence-electron chi connectivity index (χ3n) is 2.47. The van der Waals surface area contributed by atoms with Crippen LogP contribution in [0.4, 0.5) is 8.78 Å². The van der Waals surface area contributed by atoms with E-state index in [4.69, 9.17) is 0 Å². The largest absolute Gasteiger partial charge is 0.308 e. The minimum Gasteiger partial charge on any atom is -0.308 e. The normalized spacial score (nSPS) is 13.2. The summed E-state index contributed by atoms with van der Waals surface area (Å²) < 4.78 is 25.1. The van der Waals surface area contributed by atoms with E-state index in [2.05, 4.69) is 26.1 Å². The minimum atomic E-state index is -2.41. The van der Waals surface area contributed by atoms with Crippen molar-refractivity contribution >= 4 is 6.08 Å². The van der Waals surface area contributed by atoms with Crippen LogP contribution in [-0.4, -0.2) is 12.1 Å².